The highest BCUT2D eigenvalue weighted by Crippen LogP contribution is 2.20. The Kier molecular flexibility index (Phi) is 7.77. The number of methoxy groups -OCH3 is 1. The largest absolute Gasteiger partial charge is 0.497 e. The van der Waals surface area contributed by atoms with Crippen LogP contribution in [0.5, 0.6) is 5.75 Å². The second-order valence-corrected chi connectivity index (χ2v) is 8.13. The number of piperazine rings is 1. The molecule has 9 heteroatoms. The number of benzene rings is 2. The fraction of sp³-hybridized carbons (Fsp3) is 0.269. The monoisotopic (exact) mass is 477 g/mol. The molecule has 2 heterocycles. The number of hydrogen-bond acceptors (Lipinski definition) is 5. The summed E-state index contributed by atoms with van der Waals surface area (Å²) in [4.78, 5) is 33.6. The molecule has 182 valence electrons. The number of ether oxygens (including phenoxy) is 1. The summed E-state index contributed by atoms with van der Waals surface area (Å²) in [6.07, 6.45) is 1.66. The topological polar surface area (TPSA) is 86.8 Å². The minimum absolute atomic E-state index is 0.129. The molecule has 1 aliphatic rings. The van der Waals surface area contributed by atoms with Gasteiger partial charge in [0, 0.05) is 51.0 Å². The highest BCUT2D eigenvalue weighted by Gasteiger charge is 2.25. The SMILES string of the molecule is COc1ccc(CNC(=O)c2cccnc2N2CCN(C(=O)NCc3ccccc3F)CC2)cc1. The molecule has 3 amide bonds. The Morgan fingerprint density at radius 3 is 2.40 bits per heavy atom. The molecule has 1 saturated heterocycles. The number of carbonyl (C=O) groups is 2. The number of anilines is 1. The maximum atomic E-state index is 13.8. The van der Waals surface area contributed by atoms with Crippen molar-refractivity contribution in [2.24, 2.45) is 0 Å². The lowest BCUT2D eigenvalue weighted by Crippen LogP contribution is -2.52. The van der Waals surface area contributed by atoms with E-state index in [9.17, 15) is 14.0 Å². The number of pyridine rings is 1. The molecule has 0 unspecified atom stereocenters. The highest BCUT2D eigenvalue weighted by atomic mass is 19.1. The minimum Gasteiger partial charge on any atom is -0.497 e. The fourth-order valence-corrected chi connectivity index (χ4v) is 3.89. The van der Waals surface area contributed by atoms with E-state index in [1.807, 2.05) is 29.2 Å². The van der Waals surface area contributed by atoms with Crippen LogP contribution in [0.25, 0.3) is 0 Å². The van der Waals surface area contributed by atoms with Gasteiger partial charge in [-0.15, -0.1) is 0 Å². The molecule has 1 fully saturated rings. The number of amides is 3. The van der Waals surface area contributed by atoms with Crippen molar-refractivity contribution < 1.29 is 18.7 Å². The quantitative estimate of drug-likeness (QED) is 0.546. The van der Waals surface area contributed by atoms with Crippen molar-refractivity contribution in [3.8, 4) is 5.75 Å². The first kappa shape index (κ1) is 24.0. The smallest absolute Gasteiger partial charge is 0.317 e. The maximum absolute atomic E-state index is 13.8. The van der Waals surface area contributed by atoms with Crippen molar-refractivity contribution in [3.63, 3.8) is 0 Å². The van der Waals surface area contributed by atoms with Crippen LogP contribution in [0, 0.1) is 5.82 Å². The van der Waals surface area contributed by atoms with Crippen LogP contribution >= 0.6 is 0 Å². The third-order valence-electron chi connectivity index (χ3n) is 5.90. The molecule has 4 rings (SSSR count). The zero-order chi connectivity index (χ0) is 24.6. The Hall–Kier alpha value is -4.14. The van der Waals surface area contributed by atoms with Crippen LogP contribution in [0.2, 0.25) is 0 Å². The molecule has 1 aliphatic heterocycles. The van der Waals surface area contributed by atoms with Crippen LogP contribution in [-0.2, 0) is 13.1 Å². The summed E-state index contributed by atoms with van der Waals surface area (Å²) in [5.74, 6) is 0.792. The van der Waals surface area contributed by atoms with Crippen LogP contribution in [0.15, 0.2) is 66.9 Å². The predicted octanol–water partition coefficient (Wildman–Crippen LogP) is 3.19. The Bertz CT molecular complexity index is 1160. The summed E-state index contributed by atoms with van der Waals surface area (Å²) >= 11 is 0. The molecule has 3 aromatic rings. The van der Waals surface area contributed by atoms with Crippen molar-refractivity contribution in [2.75, 3.05) is 38.2 Å². The molecular weight excluding hydrogens is 449 g/mol. The molecule has 0 saturated carbocycles. The molecule has 8 nitrogen and oxygen atoms in total. The summed E-state index contributed by atoms with van der Waals surface area (Å²) in [6.45, 7) is 2.50. The Labute approximate surface area is 203 Å². The third-order valence-corrected chi connectivity index (χ3v) is 5.90. The van der Waals surface area contributed by atoms with Gasteiger partial charge in [0.25, 0.3) is 5.91 Å². The van der Waals surface area contributed by atoms with Crippen molar-refractivity contribution in [1.29, 1.82) is 0 Å². The molecule has 0 bridgehead atoms. The van der Waals surface area contributed by atoms with E-state index in [1.165, 1.54) is 6.07 Å². The van der Waals surface area contributed by atoms with E-state index in [4.69, 9.17) is 4.74 Å². The summed E-state index contributed by atoms with van der Waals surface area (Å²) in [5, 5.41) is 5.72. The summed E-state index contributed by atoms with van der Waals surface area (Å²) in [7, 11) is 1.61. The van der Waals surface area contributed by atoms with Gasteiger partial charge in [-0.25, -0.2) is 14.2 Å². The second-order valence-electron chi connectivity index (χ2n) is 8.13. The van der Waals surface area contributed by atoms with E-state index in [0.29, 0.717) is 49.7 Å². The lowest BCUT2D eigenvalue weighted by molar-refractivity contribution is 0.0950. The summed E-state index contributed by atoms with van der Waals surface area (Å²) in [5.41, 5.74) is 1.89. The van der Waals surface area contributed by atoms with Crippen LogP contribution < -0.4 is 20.3 Å². The molecule has 2 N–H and O–H groups in total. The van der Waals surface area contributed by atoms with Gasteiger partial charge in [-0.1, -0.05) is 30.3 Å². The highest BCUT2D eigenvalue weighted by molar-refractivity contribution is 5.98. The predicted molar refractivity (Wildman–Crippen MR) is 131 cm³/mol. The van der Waals surface area contributed by atoms with Gasteiger partial charge in [0.15, 0.2) is 0 Å². The molecule has 35 heavy (non-hydrogen) atoms. The van der Waals surface area contributed by atoms with E-state index in [1.54, 1.807) is 48.5 Å². The van der Waals surface area contributed by atoms with Crippen molar-refractivity contribution >= 4 is 17.8 Å². The standard InChI is InChI=1S/C26H28FN5O3/c1-35-21-10-8-19(9-11-21)17-29-25(33)22-6-4-12-28-24(22)31-13-15-32(16-14-31)26(34)30-18-20-5-2-3-7-23(20)27/h2-12H,13-18H2,1H3,(H,29,33)(H,30,34). The number of nitrogens with one attached hydrogen (secondary N) is 2. The van der Waals surface area contributed by atoms with Gasteiger partial charge >= 0.3 is 6.03 Å². The molecule has 0 aliphatic carbocycles. The lowest BCUT2D eigenvalue weighted by atomic mass is 10.2. The number of nitrogens with zero attached hydrogens (tertiary/aromatic N) is 3. The molecule has 0 radical (unpaired) electrons. The average molecular weight is 478 g/mol. The Morgan fingerprint density at radius 1 is 0.943 bits per heavy atom. The van der Waals surface area contributed by atoms with Crippen LogP contribution in [0.1, 0.15) is 21.5 Å². The zero-order valence-corrected chi connectivity index (χ0v) is 19.5. The number of rotatable bonds is 7. The van der Waals surface area contributed by atoms with Crippen molar-refractivity contribution in [3.05, 3.63) is 89.4 Å². The minimum atomic E-state index is -0.342. The van der Waals surface area contributed by atoms with Gasteiger partial charge in [0.1, 0.15) is 17.4 Å². The Balaban J connectivity index is 1.32. The first-order valence-electron chi connectivity index (χ1n) is 11.4. The number of hydrogen-bond donors (Lipinski definition) is 2. The van der Waals surface area contributed by atoms with E-state index in [2.05, 4.69) is 15.6 Å². The normalized spacial score (nSPS) is 13.3. The number of halogens is 1. The van der Waals surface area contributed by atoms with Gasteiger partial charge in [-0.2, -0.15) is 0 Å². The van der Waals surface area contributed by atoms with Crippen LogP contribution in [0.3, 0.4) is 0 Å². The lowest BCUT2D eigenvalue weighted by Gasteiger charge is -2.36. The molecule has 0 spiro atoms. The van der Waals surface area contributed by atoms with Gasteiger partial charge in [-0.3, -0.25) is 4.79 Å². The van der Waals surface area contributed by atoms with E-state index >= 15 is 0 Å². The third kappa shape index (κ3) is 6.06. The van der Waals surface area contributed by atoms with E-state index in [0.717, 1.165) is 11.3 Å². The van der Waals surface area contributed by atoms with Crippen molar-refractivity contribution in [2.45, 2.75) is 13.1 Å². The fourth-order valence-electron chi connectivity index (χ4n) is 3.89. The average Bonchev–Trinajstić information content (AvgIpc) is 2.91. The Morgan fingerprint density at radius 2 is 1.69 bits per heavy atom. The van der Waals surface area contributed by atoms with Gasteiger partial charge < -0.3 is 25.2 Å². The molecular formula is C26H28FN5O3. The first-order valence-corrected chi connectivity index (χ1v) is 11.4. The summed E-state index contributed by atoms with van der Waals surface area (Å²) < 4.78 is 19.0. The van der Waals surface area contributed by atoms with Gasteiger partial charge in [-0.05, 0) is 35.9 Å². The van der Waals surface area contributed by atoms with E-state index in [-0.39, 0.29) is 24.3 Å². The van der Waals surface area contributed by atoms with E-state index < -0.39 is 0 Å². The summed E-state index contributed by atoms with van der Waals surface area (Å²) in [6, 6.07) is 17.1. The van der Waals surface area contributed by atoms with Crippen LogP contribution in [0.4, 0.5) is 15.0 Å². The van der Waals surface area contributed by atoms with Gasteiger partial charge in [0.05, 0.1) is 12.7 Å². The van der Waals surface area contributed by atoms with Crippen LogP contribution in [-0.4, -0.2) is 55.1 Å². The maximum Gasteiger partial charge on any atom is 0.317 e. The molecule has 2 aromatic carbocycles. The number of aromatic nitrogens is 1. The number of urea groups is 1. The second kappa shape index (κ2) is 11.3. The number of carbonyl (C=O) groups excluding carboxylic acids is 2. The zero-order valence-electron chi connectivity index (χ0n) is 19.5. The van der Waals surface area contributed by atoms with Gasteiger partial charge in [0.2, 0.25) is 0 Å². The molecule has 1 aromatic heterocycles. The first-order chi connectivity index (χ1) is 17.0. The van der Waals surface area contributed by atoms with Crippen molar-refractivity contribution in [1.82, 2.24) is 20.5 Å². The molecule has 0 atom stereocenters.